The molecular formula is C16H28ClNO. The molecule has 2 nitrogen and oxygen atoms in total. The van der Waals surface area contributed by atoms with Crippen LogP contribution in [0.3, 0.4) is 0 Å². The fourth-order valence-electron chi connectivity index (χ4n) is 3.57. The molecule has 0 bridgehead atoms. The van der Waals surface area contributed by atoms with E-state index in [0.717, 1.165) is 44.7 Å². The van der Waals surface area contributed by atoms with Gasteiger partial charge in [0.2, 0.25) is 5.91 Å². The van der Waals surface area contributed by atoms with E-state index in [0.29, 0.717) is 11.8 Å². The topological polar surface area (TPSA) is 20.3 Å². The van der Waals surface area contributed by atoms with Crippen LogP contribution in [0.5, 0.6) is 0 Å². The van der Waals surface area contributed by atoms with Gasteiger partial charge in [-0.1, -0.05) is 32.1 Å². The van der Waals surface area contributed by atoms with Crippen LogP contribution in [0.25, 0.3) is 0 Å². The number of alkyl halides is 1. The molecule has 1 saturated carbocycles. The zero-order valence-corrected chi connectivity index (χ0v) is 13.0. The first kappa shape index (κ1) is 15.2. The smallest absolute Gasteiger partial charge is 0.222 e. The van der Waals surface area contributed by atoms with Crippen molar-refractivity contribution in [3.8, 4) is 0 Å². The highest BCUT2D eigenvalue weighted by molar-refractivity contribution is 6.20. The summed E-state index contributed by atoms with van der Waals surface area (Å²) in [4.78, 5) is 14.3. The summed E-state index contributed by atoms with van der Waals surface area (Å²) in [5.41, 5.74) is 0. The first-order chi connectivity index (χ1) is 9.16. The number of hydrogen-bond donors (Lipinski definition) is 0. The van der Waals surface area contributed by atoms with Gasteiger partial charge in [0.1, 0.15) is 0 Å². The van der Waals surface area contributed by atoms with E-state index in [4.69, 9.17) is 11.6 Å². The van der Waals surface area contributed by atoms with Crippen LogP contribution in [0.15, 0.2) is 0 Å². The van der Waals surface area contributed by atoms with Gasteiger partial charge in [0.15, 0.2) is 0 Å². The molecule has 0 spiro atoms. The minimum atomic E-state index is 0.250. The van der Waals surface area contributed by atoms with E-state index in [1.165, 1.54) is 32.1 Å². The predicted molar refractivity (Wildman–Crippen MR) is 80.4 cm³/mol. The fraction of sp³-hybridized carbons (Fsp3) is 0.938. The minimum Gasteiger partial charge on any atom is -0.343 e. The van der Waals surface area contributed by atoms with Gasteiger partial charge in [-0.25, -0.2) is 0 Å². The number of carbonyl (C=O) groups is 1. The zero-order chi connectivity index (χ0) is 13.7. The summed E-state index contributed by atoms with van der Waals surface area (Å²) < 4.78 is 0. The number of rotatable bonds is 4. The van der Waals surface area contributed by atoms with E-state index in [1.54, 1.807) is 0 Å². The Morgan fingerprint density at radius 2 is 1.79 bits per heavy atom. The second-order valence-corrected chi connectivity index (χ2v) is 7.13. The van der Waals surface area contributed by atoms with Crippen LogP contribution in [0.4, 0.5) is 0 Å². The van der Waals surface area contributed by atoms with Gasteiger partial charge in [0.05, 0.1) is 0 Å². The summed E-state index contributed by atoms with van der Waals surface area (Å²) in [5.74, 6) is 1.80. The molecule has 2 aliphatic rings. The molecule has 1 atom stereocenters. The van der Waals surface area contributed by atoms with Crippen LogP contribution in [0.2, 0.25) is 0 Å². The number of carbonyl (C=O) groups excluding carboxylic acids is 1. The predicted octanol–water partition coefficient (Wildman–Crippen LogP) is 4.21. The van der Waals surface area contributed by atoms with Gasteiger partial charge in [0.25, 0.3) is 0 Å². The number of nitrogens with zero attached hydrogens (tertiary/aromatic N) is 1. The van der Waals surface area contributed by atoms with Gasteiger partial charge in [-0.15, -0.1) is 11.6 Å². The molecule has 1 aliphatic carbocycles. The summed E-state index contributed by atoms with van der Waals surface area (Å²) in [6, 6.07) is 0. The Morgan fingerprint density at radius 3 is 2.37 bits per heavy atom. The van der Waals surface area contributed by atoms with Gasteiger partial charge >= 0.3 is 0 Å². The molecule has 1 amide bonds. The molecule has 2 rings (SSSR count). The third-order valence-electron chi connectivity index (χ3n) is 5.03. The summed E-state index contributed by atoms with van der Waals surface area (Å²) in [6.07, 6.45) is 10.9. The highest BCUT2D eigenvalue weighted by Gasteiger charge is 2.25. The third-order valence-corrected chi connectivity index (χ3v) is 5.39. The Morgan fingerprint density at radius 1 is 1.16 bits per heavy atom. The lowest BCUT2D eigenvalue weighted by molar-refractivity contribution is -0.133. The summed E-state index contributed by atoms with van der Waals surface area (Å²) in [7, 11) is 0. The summed E-state index contributed by atoms with van der Waals surface area (Å²) in [5, 5.41) is 0.250. The van der Waals surface area contributed by atoms with E-state index in [9.17, 15) is 4.79 Å². The van der Waals surface area contributed by atoms with Crippen LogP contribution < -0.4 is 0 Å². The number of halogens is 1. The first-order valence-corrected chi connectivity index (χ1v) is 8.52. The maximum absolute atomic E-state index is 12.2. The maximum atomic E-state index is 12.2. The molecule has 0 N–H and O–H groups in total. The van der Waals surface area contributed by atoms with E-state index in [1.807, 2.05) is 0 Å². The molecule has 1 heterocycles. The van der Waals surface area contributed by atoms with E-state index >= 15 is 0 Å². The van der Waals surface area contributed by atoms with Crippen molar-refractivity contribution in [3.63, 3.8) is 0 Å². The lowest BCUT2D eigenvalue weighted by atomic mass is 9.86. The molecule has 2 fully saturated rings. The maximum Gasteiger partial charge on any atom is 0.222 e. The van der Waals surface area contributed by atoms with Crippen molar-refractivity contribution in [3.05, 3.63) is 0 Å². The van der Waals surface area contributed by atoms with Crippen molar-refractivity contribution < 1.29 is 4.79 Å². The number of amides is 1. The molecule has 0 aromatic rings. The standard InChI is InChI=1S/C16H28ClNO/c1-13(17)15-9-11-18(12-10-15)16(19)8-7-14-5-3-2-4-6-14/h13-15H,2-12H2,1H3. The van der Waals surface area contributed by atoms with Crippen LogP contribution in [-0.2, 0) is 4.79 Å². The molecule has 0 aromatic carbocycles. The minimum absolute atomic E-state index is 0.250. The van der Waals surface area contributed by atoms with Crippen molar-refractivity contribution in [2.24, 2.45) is 11.8 Å². The molecule has 1 unspecified atom stereocenters. The largest absolute Gasteiger partial charge is 0.343 e. The molecule has 110 valence electrons. The van der Waals surface area contributed by atoms with Gasteiger partial charge < -0.3 is 4.90 Å². The quantitative estimate of drug-likeness (QED) is 0.709. The van der Waals surface area contributed by atoms with E-state index in [2.05, 4.69) is 11.8 Å². The van der Waals surface area contributed by atoms with Crippen molar-refractivity contribution in [2.75, 3.05) is 13.1 Å². The normalized spacial score (nSPS) is 24.4. The van der Waals surface area contributed by atoms with Gasteiger partial charge in [-0.05, 0) is 38.0 Å². The molecule has 0 radical (unpaired) electrons. The second kappa shape index (κ2) is 7.52. The average Bonchev–Trinajstić information content (AvgIpc) is 2.46. The number of hydrogen-bond acceptors (Lipinski definition) is 1. The Labute approximate surface area is 122 Å². The van der Waals surface area contributed by atoms with Gasteiger partial charge in [-0.3, -0.25) is 4.79 Å². The van der Waals surface area contributed by atoms with Crippen molar-refractivity contribution in [2.45, 2.75) is 70.1 Å². The third kappa shape index (κ3) is 4.66. The molecule has 19 heavy (non-hydrogen) atoms. The Hall–Kier alpha value is -0.240. The highest BCUT2D eigenvalue weighted by Crippen LogP contribution is 2.28. The second-order valence-electron chi connectivity index (χ2n) is 6.44. The zero-order valence-electron chi connectivity index (χ0n) is 12.2. The molecule has 1 aliphatic heterocycles. The monoisotopic (exact) mass is 285 g/mol. The summed E-state index contributed by atoms with van der Waals surface area (Å²) >= 11 is 6.14. The average molecular weight is 286 g/mol. The van der Waals surface area contributed by atoms with Crippen molar-refractivity contribution in [1.29, 1.82) is 0 Å². The van der Waals surface area contributed by atoms with Crippen molar-refractivity contribution >= 4 is 17.5 Å². The molecular weight excluding hydrogens is 258 g/mol. The van der Waals surface area contributed by atoms with E-state index in [-0.39, 0.29) is 5.38 Å². The van der Waals surface area contributed by atoms with Crippen LogP contribution in [0, 0.1) is 11.8 Å². The fourth-order valence-corrected chi connectivity index (χ4v) is 3.82. The Kier molecular flexibility index (Phi) is 6.00. The van der Waals surface area contributed by atoms with Crippen molar-refractivity contribution in [1.82, 2.24) is 4.90 Å². The first-order valence-electron chi connectivity index (χ1n) is 8.08. The summed E-state index contributed by atoms with van der Waals surface area (Å²) in [6.45, 7) is 3.92. The molecule has 1 saturated heterocycles. The Balaban J connectivity index is 1.66. The number of piperidine rings is 1. The van der Waals surface area contributed by atoms with E-state index < -0.39 is 0 Å². The molecule has 0 aromatic heterocycles. The van der Waals surface area contributed by atoms with Crippen LogP contribution >= 0.6 is 11.6 Å². The number of likely N-dealkylation sites (tertiary alicyclic amines) is 1. The lowest BCUT2D eigenvalue weighted by Crippen LogP contribution is -2.40. The lowest BCUT2D eigenvalue weighted by Gasteiger charge is -2.33. The van der Waals surface area contributed by atoms with Crippen LogP contribution in [-0.4, -0.2) is 29.3 Å². The highest BCUT2D eigenvalue weighted by atomic mass is 35.5. The Bertz CT molecular complexity index is 278. The van der Waals surface area contributed by atoms with Gasteiger partial charge in [-0.2, -0.15) is 0 Å². The SMILES string of the molecule is CC(Cl)C1CCN(C(=O)CCC2CCCCC2)CC1. The van der Waals surface area contributed by atoms with Crippen LogP contribution in [0.1, 0.15) is 64.7 Å². The molecule has 3 heteroatoms. The van der Waals surface area contributed by atoms with Gasteiger partial charge in [0, 0.05) is 24.9 Å².